The number of hydrogen-bond donors (Lipinski definition) is 3. The number of ketones is 1. The van der Waals surface area contributed by atoms with Crippen molar-refractivity contribution < 1.29 is 37.7 Å². The number of hydrogen-bond acceptors (Lipinski definition) is 5. The molecule has 1 aliphatic carbocycles. The number of aliphatic hydroxyl groups is 1. The Kier molecular flexibility index (Phi) is 4.24. The Balaban J connectivity index is 1.77. The van der Waals surface area contributed by atoms with Crippen LogP contribution in [-0.4, -0.2) is 47.0 Å². The number of benzene rings is 1. The van der Waals surface area contributed by atoms with Gasteiger partial charge in [-0.1, -0.05) is 12.1 Å². The van der Waals surface area contributed by atoms with E-state index in [1.54, 1.807) is 0 Å². The molecule has 25 heavy (non-hydrogen) atoms. The number of carboxylic acid groups (broad SMARTS) is 1. The van der Waals surface area contributed by atoms with Crippen molar-refractivity contribution in [3.8, 4) is 5.75 Å². The van der Waals surface area contributed by atoms with E-state index >= 15 is 0 Å². The van der Waals surface area contributed by atoms with Crippen molar-refractivity contribution in [1.82, 2.24) is 5.32 Å². The monoisotopic (exact) mass is 359 g/mol. The third-order valence-corrected chi connectivity index (χ3v) is 4.77. The number of nitrogens with one attached hydrogen (secondary N) is 1. The zero-order valence-electron chi connectivity index (χ0n) is 12.9. The predicted octanol–water partition coefficient (Wildman–Crippen LogP) is 1.22. The van der Waals surface area contributed by atoms with E-state index in [9.17, 15) is 27.9 Å². The van der Waals surface area contributed by atoms with Crippen molar-refractivity contribution >= 4 is 11.8 Å². The molecule has 4 atom stereocenters. The summed E-state index contributed by atoms with van der Waals surface area (Å²) in [5, 5.41) is 21.8. The van der Waals surface area contributed by atoms with E-state index in [0.29, 0.717) is 5.56 Å². The maximum atomic E-state index is 12.8. The summed E-state index contributed by atoms with van der Waals surface area (Å²) in [5.74, 6) is -2.32. The van der Waals surface area contributed by atoms with E-state index in [1.807, 2.05) is 0 Å². The lowest BCUT2D eigenvalue weighted by Crippen LogP contribution is -2.32. The van der Waals surface area contributed by atoms with Gasteiger partial charge in [0.1, 0.15) is 11.8 Å². The molecule has 2 unspecified atom stereocenters. The van der Waals surface area contributed by atoms with Gasteiger partial charge in [0, 0.05) is 12.5 Å². The third-order valence-electron chi connectivity index (χ3n) is 4.77. The number of aliphatic carboxylic acids is 1. The van der Waals surface area contributed by atoms with Crippen LogP contribution >= 0.6 is 0 Å². The number of carbonyl (C=O) groups excluding carboxylic acids is 1. The quantitative estimate of drug-likeness (QED) is 0.732. The fourth-order valence-corrected chi connectivity index (χ4v) is 3.41. The molecule has 3 N–H and O–H groups in total. The molecule has 1 aliphatic heterocycles. The van der Waals surface area contributed by atoms with Crippen LogP contribution in [-0.2, 0) is 15.0 Å². The first-order valence-electron chi connectivity index (χ1n) is 7.68. The molecule has 1 aromatic rings. The second kappa shape index (κ2) is 5.99. The number of carbonyl (C=O) groups is 2. The summed E-state index contributed by atoms with van der Waals surface area (Å²) < 4.78 is 40.4. The van der Waals surface area contributed by atoms with Crippen LogP contribution in [0.5, 0.6) is 5.75 Å². The van der Waals surface area contributed by atoms with Crippen LogP contribution in [0.4, 0.5) is 13.2 Å². The first-order valence-corrected chi connectivity index (χ1v) is 7.68. The predicted molar refractivity (Wildman–Crippen MR) is 78.0 cm³/mol. The molecule has 3 rings (SSSR count). The first kappa shape index (κ1) is 17.7. The number of carboxylic acids is 1. The Morgan fingerprint density at radius 3 is 2.28 bits per heavy atom. The van der Waals surface area contributed by atoms with Gasteiger partial charge in [0.25, 0.3) is 0 Å². The average molecular weight is 359 g/mol. The van der Waals surface area contributed by atoms with E-state index in [2.05, 4.69) is 10.1 Å². The minimum absolute atomic E-state index is 0.123. The van der Waals surface area contributed by atoms with Crippen molar-refractivity contribution in [2.24, 2.45) is 5.92 Å². The van der Waals surface area contributed by atoms with Crippen LogP contribution < -0.4 is 10.1 Å². The van der Waals surface area contributed by atoms with Gasteiger partial charge >= 0.3 is 12.3 Å². The van der Waals surface area contributed by atoms with Crippen LogP contribution in [0.25, 0.3) is 0 Å². The lowest BCUT2D eigenvalue weighted by Gasteiger charge is -2.19. The first-order chi connectivity index (χ1) is 11.6. The van der Waals surface area contributed by atoms with Gasteiger partial charge in [0.2, 0.25) is 0 Å². The standard InChI is InChI=1S/C16H16F3NO5/c17-16(18,19)25-10-3-1-9(2-4-10)15(6-12(15)21)13(22)8-5-11(14(23)24)20-7-8/h1-4,8,11-12,20-21H,5-7H2,(H,23,24)/t8-,11+,12?,15?/m1/s1. The molecule has 136 valence electrons. The fraction of sp³-hybridized carbons (Fsp3) is 0.500. The molecule has 1 heterocycles. The van der Waals surface area contributed by atoms with Crippen molar-refractivity contribution in [2.45, 2.75) is 36.8 Å². The Bertz CT molecular complexity index is 690. The van der Waals surface area contributed by atoms with Gasteiger partial charge in [-0.15, -0.1) is 13.2 Å². The number of Topliss-reactive ketones (excluding diaryl/α,β-unsaturated/α-hetero) is 1. The average Bonchev–Trinajstić information content (AvgIpc) is 2.96. The van der Waals surface area contributed by atoms with Crippen molar-refractivity contribution in [3.63, 3.8) is 0 Å². The zero-order valence-corrected chi connectivity index (χ0v) is 12.9. The van der Waals surface area contributed by atoms with Gasteiger partial charge in [-0.3, -0.25) is 9.59 Å². The molecule has 2 fully saturated rings. The van der Waals surface area contributed by atoms with E-state index in [4.69, 9.17) is 5.11 Å². The Morgan fingerprint density at radius 1 is 1.24 bits per heavy atom. The molecule has 9 heteroatoms. The highest BCUT2D eigenvalue weighted by Crippen LogP contribution is 2.51. The summed E-state index contributed by atoms with van der Waals surface area (Å²) in [6, 6.07) is 4.02. The fourth-order valence-electron chi connectivity index (χ4n) is 3.41. The number of halogens is 3. The topological polar surface area (TPSA) is 95.9 Å². The van der Waals surface area contributed by atoms with Crippen LogP contribution in [0.2, 0.25) is 0 Å². The van der Waals surface area contributed by atoms with Gasteiger partial charge in [-0.25, -0.2) is 0 Å². The van der Waals surface area contributed by atoms with Crippen molar-refractivity contribution in [2.75, 3.05) is 6.54 Å². The van der Waals surface area contributed by atoms with Gasteiger partial charge < -0.3 is 20.3 Å². The van der Waals surface area contributed by atoms with E-state index in [-0.39, 0.29) is 25.2 Å². The zero-order chi connectivity index (χ0) is 18.4. The highest BCUT2D eigenvalue weighted by atomic mass is 19.4. The second-order valence-electron chi connectivity index (χ2n) is 6.36. The summed E-state index contributed by atoms with van der Waals surface area (Å²) in [6.45, 7) is 0.194. The number of ether oxygens (including phenoxy) is 1. The van der Waals surface area contributed by atoms with E-state index < -0.39 is 41.6 Å². The minimum Gasteiger partial charge on any atom is -0.480 e. The largest absolute Gasteiger partial charge is 0.573 e. The molecule has 1 aromatic carbocycles. The van der Waals surface area contributed by atoms with Crippen LogP contribution in [0, 0.1) is 5.92 Å². The molecular formula is C16H16F3NO5. The summed E-state index contributed by atoms with van der Waals surface area (Å²) in [4.78, 5) is 23.8. The molecule has 0 aromatic heterocycles. The van der Waals surface area contributed by atoms with Crippen molar-refractivity contribution in [1.29, 1.82) is 0 Å². The summed E-state index contributed by atoms with van der Waals surface area (Å²) in [6.07, 6.45) is -5.45. The van der Waals surface area contributed by atoms with Gasteiger partial charge in [-0.05, 0) is 30.5 Å². The van der Waals surface area contributed by atoms with Crippen LogP contribution in [0.1, 0.15) is 18.4 Å². The molecular weight excluding hydrogens is 343 g/mol. The molecule has 0 radical (unpaired) electrons. The third kappa shape index (κ3) is 3.34. The number of alkyl halides is 3. The van der Waals surface area contributed by atoms with E-state index in [1.165, 1.54) is 12.1 Å². The lowest BCUT2D eigenvalue weighted by atomic mass is 9.83. The van der Waals surface area contributed by atoms with Crippen LogP contribution in [0.3, 0.4) is 0 Å². The highest BCUT2D eigenvalue weighted by molar-refractivity contribution is 5.97. The SMILES string of the molecule is O=C(O)[C@@H]1C[C@@H](C(=O)C2(c3ccc(OC(F)(F)F)cc3)CC2O)CN1. The maximum Gasteiger partial charge on any atom is 0.573 e. The summed E-state index contributed by atoms with van der Waals surface area (Å²) in [5.41, 5.74) is -0.783. The maximum absolute atomic E-state index is 12.8. The Labute approximate surface area is 140 Å². The van der Waals surface area contributed by atoms with E-state index in [0.717, 1.165) is 12.1 Å². The molecule has 0 spiro atoms. The lowest BCUT2D eigenvalue weighted by molar-refractivity contribution is -0.274. The smallest absolute Gasteiger partial charge is 0.480 e. The highest BCUT2D eigenvalue weighted by Gasteiger charge is 2.62. The number of rotatable bonds is 5. The molecule has 2 aliphatic rings. The Hall–Kier alpha value is -2.13. The normalized spacial score (nSPS) is 31.6. The molecule has 0 amide bonds. The molecule has 1 saturated heterocycles. The van der Waals surface area contributed by atoms with Gasteiger partial charge in [0.05, 0.1) is 11.5 Å². The van der Waals surface area contributed by atoms with Crippen LogP contribution in [0.15, 0.2) is 24.3 Å². The van der Waals surface area contributed by atoms with Crippen molar-refractivity contribution in [3.05, 3.63) is 29.8 Å². The summed E-state index contributed by atoms with van der Waals surface area (Å²) in [7, 11) is 0. The minimum atomic E-state index is -4.81. The number of aliphatic hydroxyl groups excluding tert-OH is 1. The molecule has 1 saturated carbocycles. The molecule has 0 bridgehead atoms. The molecule has 6 nitrogen and oxygen atoms in total. The van der Waals surface area contributed by atoms with Gasteiger partial charge in [-0.2, -0.15) is 0 Å². The Morgan fingerprint density at radius 2 is 1.84 bits per heavy atom. The second-order valence-corrected chi connectivity index (χ2v) is 6.36. The summed E-state index contributed by atoms with van der Waals surface area (Å²) >= 11 is 0. The van der Waals surface area contributed by atoms with Gasteiger partial charge in [0.15, 0.2) is 5.78 Å².